The van der Waals surface area contributed by atoms with Crippen molar-refractivity contribution in [1.82, 2.24) is 0 Å². The van der Waals surface area contributed by atoms with Crippen LogP contribution in [0.1, 0.15) is 77.0 Å². The third-order valence-corrected chi connectivity index (χ3v) is 5.72. The second-order valence-electron chi connectivity index (χ2n) is 7.58. The first kappa shape index (κ1) is 17.7. The van der Waals surface area contributed by atoms with Crippen molar-refractivity contribution in [2.24, 2.45) is 17.6 Å². The number of hydrogen-bond acceptors (Lipinski definition) is 4. The summed E-state index contributed by atoms with van der Waals surface area (Å²) in [4.78, 5) is 12.3. The first-order valence-corrected chi connectivity index (χ1v) is 9.09. The number of carbonyl (C=O) groups excluding carboxylic acids is 1. The van der Waals surface area contributed by atoms with E-state index in [-0.39, 0.29) is 12.1 Å². The summed E-state index contributed by atoms with van der Waals surface area (Å²) in [6.07, 6.45) is 12.5. The molecule has 0 amide bonds. The van der Waals surface area contributed by atoms with Gasteiger partial charge in [0.2, 0.25) is 0 Å². The first-order chi connectivity index (χ1) is 10.5. The highest BCUT2D eigenvalue weighted by molar-refractivity contribution is 5.80. The number of aliphatic hydroxyl groups excluding tert-OH is 1. The number of carbonyl (C=O) groups is 1. The van der Waals surface area contributed by atoms with Gasteiger partial charge >= 0.3 is 5.97 Å². The summed E-state index contributed by atoms with van der Waals surface area (Å²) in [5.74, 6) is 0.792. The minimum absolute atomic E-state index is 0.223. The molecule has 0 bridgehead atoms. The van der Waals surface area contributed by atoms with E-state index < -0.39 is 5.54 Å². The lowest BCUT2D eigenvalue weighted by molar-refractivity contribution is -0.148. The smallest absolute Gasteiger partial charge is 0.325 e. The molecule has 2 rings (SSSR count). The van der Waals surface area contributed by atoms with Crippen molar-refractivity contribution in [3.05, 3.63) is 0 Å². The molecule has 3 atom stereocenters. The Labute approximate surface area is 134 Å². The van der Waals surface area contributed by atoms with Crippen LogP contribution in [0, 0.1) is 11.8 Å². The molecule has 2 aliphatic rings. The van der Waals surface area contributed by atoms with E-state index in [4.69, 9.17) is 10.5 Å². The van der Waals surface area contributed by atoms with Crippen molar-refractivity contribution < 1.29 is 14.6 Å². The van der Waals surface area contributed by atoms with Crippen molar-refractivity contribution in [2.45, 2.75) is 88.7 Å². The Kier molecular flexibility index (Phi) is 6.69. The highest BCUT2D eigenvalue weighted by Crippen LogP contribution is 2.35. The van der Waals surface area contributed by atoms with Gasteiger partial charge in [0.15, 0.2) is 0 Å². The van der Waals surface area contributed by atoms with E-state index in [1.807, 2.05) is 0 Å². The van der Waals surface area contributed by atoms with E-state index >= 15 is 0 Å². The lowest BCUT2D eigenvalue weighted by atomic mass is 9.75. The summed E-state index contributed by atoms with van der Waals surface area (Å²) < 4.78 is 5.00. The lowest BCUT2D eigenvalue weighted by Gasteiger charge is -2.35. The van der Waals surface area contributed by atoms with E-state index in [1.165, 1.54) is 39.2 Å². The van der Waals surface area contributed by atoms with Gasteiger partial charge in [-0.05, 0) is 43.9 Å². The molecule has 0 aliphatic heterocycles. The summed E-state index contributed by atoms with van der Waals surface area (Å²) in [6, 6.07) is 0. The highest BCUT2D eigenvalue weighted by atomic mass is 16.5. The summed E-state index contributed by atoms with van der Waals surface area (Å²) in [5.41, 5.74) is 5.62. The molecule has 2 saturated carbocycles. The van der Waals surface area contributed by atoms with Gasteiger partial charge in [-0.15, -0.1) is 0 Å². The molecule has 0 saturated heterocycles. The van der Waals surface area contributed by atoms with Gasteiger partial charge in [-0.25, -0.2) is 0 Å². The fourth-order valence-electron chi connectivity index (χ4n) is 4.39. The molecular formula is C18H33NO3. The number of hydrogen-bond donors (Lipinski definition) is 2. The minimum atomic E-state index is -0.867. The van der Waals surface area contributed by atoms with Gasteiger partial charge in [0, 0.05) is 0 Å². The summed E-state index contributed by atoms with van der Waals surface area (Å²) in [7, 11) is 1.43. The minimum Gasteiger partial charge on any atom is -0.468 e. The van der Waals surface area contributed by atoms with Crippen LogP contribution in [-0.4, -0.2) is 29.8 Å². The molecule has 4 nitrogen and oxygen atoms in total. The normalized spacial score (nSPS) is 29.8. The molecule has 0 radical (unpaired) electrons. The van der Waals surface area contributed by atoms with Gasteiger partial charge in [-0.3, -0.25) is 4.79 Å². The number of nitrogens with two attached hydrogens (primary N) is 1. The Morgan fingerprint density at radius 3 is 2.45 bits per heavy atom. The van der Waals surface area contributed by atoms with Crippen LogP contribution in [-0.2, 0) is 9.53 Å². The van der Waals surface area contributed by atoms with Gasteiger partial charge in [-0.1, -0.05) is 44.9 Å². The first-order valence-electron chi connectivity index (χ1n) is 9.09. The molecule has 0 aromatic rings. The van der Waals surface area contributed by atoms with Crippen LogP contribution in [0.25, 0.3) is 0 Å². The van der Waals surface area contributed by atoms with Gasteiger partial charge < -0.3 is 15.6 Å². The third kappa shape index (κ3) is 4.95. The fraction of sp³-hybridized carbons (Fsp3) is 0.944. The molecule has 22 heavy (non-hydrogen) atoms. The molecule has 0 aromatic heterocycles. The van der Waals surface area contributed by atoms with Crippen molar-refractivity contribution in [3.8, 4) is 0 Å². The number of methoxy groups -OCH3 is 1. The van der Waals surface area contributed by atoms with Gasteiger partial charge in [0.1, 0.15) is 5.54 Å². The largest absolute Gasteiger partial charge is 0.468 e. The molecule has 3 unspecified atom stereocenters. The predicted octanol–water partition coefficient (Wildman–Crippen LogP) is 3.16. The molecule has 0 aromatic carbocycles. The van der Waals surface area contributed by atoms with Crippen LogP contribution in [0.2, 0.25) is 0 Å². The van der Waals surface area contributed by atoms with Crippen LogP contribution < -0.4 is 5.73 Å². The van der Waals surface area contributed by atoms with Crippen LogP contribution >= 0.6 is 0 Å². The Bertz CT molecular complexity index is 354. The van der Waals surface area contributed by atoms with Crippen molar-refractivity contribution in [3.63, 3.8) is 0 Å². The Morgan fingerprint density at radius 1 is 1.14 bits per heavy atom. The molecule has 0 heterocycles. The van der Waals surface area contributed by atoms with Crippen molar-refractivity contribution in [2.75, 3.05) is 7.11 Å². The third-order valence-electron chi connectivity index (χ3n) is 5.72. The zero-order valence-electron chi connectivity index (χ0n) is 14.1. The maximum absolute atomic E-state index is 12.3. The second-order valence-corrected chi connectivity index (χ2v) is 7.58. The van der Waals surface area contributed by atoms with Gasteiger partial charge in [0.25, 0.3) is 0 Å². The van der Waals surface area contributed by atoms with Gasteiger partial charge in [-0.2, -0.15) is 0 Å². The standard InChI is InChI=1S/C18H33NO3/c1-22-17(21)18(19,11-10-14-6-3-2-4-7-14)13-15-8-5-9-16(20)12-15/h14-16,20H,2-13,19H2,1H3. The van der Waals surface area contributed by atoms with Crippen LogP contribution in [0.4, 0.5) is 0 Å². The molecule has 128 valence electrons. The average molecular weight is 311 g/mol. The second kappa shape index (κ2) is 8.30. The van der Waals surface area contributed by atoms with E-state index in [9.17, 15) is 9.90 Å². The average Bonchev–Trinajstić information content (AvgIpc) is 2.53. The van der Waals surface area contributed by atoms with Gasteiger partial charge in [0.05, 0.1) is 13.2 Å². The molecule has 2 aliphatic carbocycles. The zero-order valence-corrected chi connectivity index (χ0v) is 14.1. The van der Waals surface area contributed by atoms with E-state index in [1.54, 1.807) is 0 Å². The van der Waals surface area contributed by atoms with Crippen molar-refractivity contribution in [1.29, 1.82) is 0 Å². The Morgan fingerprint density at radius 2 is 1.82 bits per heavy atom. The fourth-order valence-corrected chi connectivity index (χ4v) is 4.39. The maximum atomic E-state index is 12.3. The molecular weight excluding hydrogens is 278 g/mol. The van der Waals surface area contributed by atoms with Crippen LogP contribution in [0.3, 0.4) is 0 Å². The van der Waals surface area contributed by atoms with Crippen molar-refractivity contribution >= 4 is 5.97 Å². The Hall–Kier alpha value is -0.610. The summed E-state index contributed by atoms with van der Waals surface area (Å²) in [6.45, 7) is 0. The maximum Gasteiger partial charge on any atom is 0.325 e. The Balaban J connectivity index is 1.91. The number of esters is 1. The number of ether oxygens (including phenoxy) is 1. The number of aliphatic hydroxyl groups is 1. The zero-order chi connectivity index (χ0) is 16.0. The topological polar surface area (TPSA) is 72.5 Å². The molecule has 0 spiro atoms. The van der Waals surface area contributed by atoms with Crippen LogP contribution in [0.5, 0.6) is 0 Å². The van der Waals surface area contributed by atoms with E-state index in [2.05, 4.69) is 0 Å². The monoisotopic (exact) mass is 311 g/mol. The van der Waals surface area contributed by atoms with E-state index in [0.29, 0.717) is 12.3 Å². The number of rotatable bonds is 6. The SMILES string of the molecule is COC(=O)C(N)(CCC1CCCCC1)CC1CCCC(O)C1. The highest BCUT2D eigenvalue weighted by Gasteiger charge is 2.39. The summed E-state index contributed by atoms with van der Waals surface area (Å²) >= 11 is 0. The van der Waals surface area contributed by atoms with E-state index in [0.717, 1.165) is 44.4 Å². The lowest BCUT2D eigenvalue weighted by Crippen LogP contribution is -2.51. The quantitative estimate of drug-likeness (QED) is 0.739. The summed E-state index contributed by atoms with van der Waals surface area (Å²) in [5, 5.41) is 9.85. The van der Waals surface area contributed by atoms with Crippen LogP contribution in [0.15, 0.2) is 0 Å². The molecule has 4 heteroatoms. The predicted molar refractivity (Wildman–Crippen MR) is 87.3 cm³/mol. The molecule has 2 fully saturated rings. The molecule has 3 N–H and O–H groups in total.